The van der Waals surface area contributed by atoms with E-state index in [2.05, 4.69) is 5.32 Å². The van der Waals surface area contributed by atoms with Gasteiger partial charge in [-0.2, -0.15) is 0 Å². The van der Waals surface area contributed by atoms with Crippen LogP contribution in [0.4, 0.5) is 0 Å². The molecule has 1 fully saturated rings. The van der Waals surface area contributed by atoms with E-state index in [-0.39, 0.29) is 11.7 Å². The van der Waals surface area contributed by atoms with Gasteiger partial charge in [0.05, 0.1) is 0 Å². The third-order valence-electron chi connectivity index (χ3n) is 2.33. The highest BCUT2D eigenvalue weighted by molar-refractivity contribution is 6.03. The minimum Gasteiger partial charge on any atom is -0.480 e. The van der Waals surface area contributed by atoms with Crippen molar-refractivity contribution in [2.75, 3.05) is 7.05 Å². The third kappa shape index (κ3) is 1.64. The number of hydrogen-bond donors (Lipinski definition) is 2. The Morgan fingerprint density at radius 1 is 1.50 bits per heavy atom. The lowest BCUT2D eigenvalue weighted by Crippen LogP contribution is -2.45. The summed E-state index contributed by atoms with van der Waals surface area (Å²) in [5.74, 6) is -1.26. The standard InChI is InChI=1S/C8H13NO3/c1-9-6(8(11)12)7(10)5-3-2-4-5/h5-6,9H,2-4H2,1H3,(H,11,12). The van der Waals surface area contributed by atoms with Crippen molar-refractivity contribution in [3.05, 3.63) is 0 Å². The van der Waals surface area contributed by atoms with Gasteiger partial charge in [-0.1, -0.05) is 6.42 Å². The number of aliphatic carboxylic acids is 1. The molecule has 0 heterocycles. The van der Waals surface area contributed by atoms with E-state index in [9.17, 15) is 9.59 Å². The zero-order valence-electron chi connectivity index (χ0n) is 7.04. The monoisotopic (exact) mass is 171 g/mol. The van der Waals surface area contributed by atoms with Crippen LogP contribution in [0.1, 0.15) is 19.3 Å². The fourth-order valence-corrected chi connectivity index (χ4v) is 1.32. The molecule has 0 amide bonds. The Morgan fingerprint density at radius 2 is 2.08 bits per heavy atom. The third-order valence-corrected chi connectivity index (χ3v) is 2.33. The summed E-state index contributed by atoms with van der Waals surface area (Å²) in [5.41, 5.74) is 0. The first kappa shape index (κ1) is 9.19. The fourth-order valence-electron chi connectivity index (χ4n) is 1.32. The number of carboxylic acid groups (broad SMARTS) is 1. The van der Waals surface area contributed by atoms with E-state index in [0.29, 0.717) is 0 Å². The highest BCUT2D eigenvalue weighted by Gasteiger charge is 2.34. The molecule has 12 heavy (non-hydrogen) atoms. The lowest BCUT2D eigenvalue weighted by atomic mass is 9.80. The normalized spacial score (nSPS) is 19.8. The zero-order chi connectivity index (χ0) is 9.14. The van der Waals surface area contributed by atoms with Gasteiger partial charge in [0.1, 0.15) is 0 Å². The van der Waals surface area contributed by atoms with Gasteiger partial charge >= 0.3 is 5.97 Å². The molecule has 0 aliphatic heterocycles. The first-order valence-electron chi connectivity index (χ1n) is 4.10. The van der Waals surface area contributed by atoms with E-state index in [1.807, 2.05) is 0 Å². The van der Waals surface area contributed by atoms with Gasteiger partial charge in [0, 0.05) is 5.92 Å². The maximum absolute atomic E-state index is 11.4. The minimum absolute atomic E-state index is 0.0152. The molecule has 68 valence electrons. The summed E-state index contributed by atoms with van der Waals surface area (Å²) in [6, 6.07) is -1.00. The van der Waals surface area contributed by atoms with Crippen molar-refractivity contribution in [1.82, 2.24) is 5.32 Å². The van der Waals surface area contributed by atoms with Crippen LogP contribution < -0.4 is 5.32 Å². The molecule has 0 spiro atoms. The van der Waals surface area contributed by atoms with Gasteiger partial charge in [0.15, 0.2) is 11.8 Å². The molecule has 0 aromatic heterocycles. The number of ketones is 1. The van der Waals surface area contributed by atoms with Crippen LogP contribution in [-0.4, -0.2) is 29.9 Å². The van der Waals surface area contributed by atoms with Crippen molar-refractivity contribution in [3.8, 4) is 0 Å². The Hall–Kier alpha value is -0.900. The molecule has 1 atom stereocenters. The van der Waals surface area contributed by atoms with E-state index in [1.165, 1.54) is 7.05 Å². The molecule has 0 bridgehead atoms. The summed E-state index contributed by atoms with van der Waals surface area (Å²) < 4.78 is 0. The number of carboxylic acids is 1. The fraction of sp³-hybridized carbons (Fsp3) is 0.750. The van der Waals surface area contributed by atoms with Crippen LogP contribution in [0.3, 0.4) is 0 Å². The van der Waals surface area contributed by atoms with Crippen molar-refractivity contribution in [3.63, 3.8) is 0 Å². The minimum atomic E-state index is -1.07. The number of hydrogen-bond acceptors (Lipinski definition) is 3. The second kappa shape index (κ2) is 3.67. The average molecular weight is 171 g/mol. The molecule has 2 N–H and O–H groups in total. The summed E-state index contributed by atoms with van der Waals surface area (Å²) in [7, 11) is 1.50. The highest BCUT2D eigenvalue weighted by atomic mass is 16.4. The molecule has 1 rings (SSSR count). The first-order valence-corrected chi connectivity index (χ1v) is 4.10. The first-order chi connectivity index (χ1) is 5.66. The van der Waals surface area contributed by atoms with Crippen LogP contribution in [0.25, 0.3) is 0 Å². The van der Waals surface area contributed by atoms with E-state index in [1.54, 1.807) is 0 Å². The summed E-state index contributed by atoms with van der Waals surface area (Å²) in [6.07, 6.45) is 2.75. The SMILES string of the molecule is CNC(C(=O)O)C(=O)C1CCC1. The molecule has 0 saturated heterocycles. The molecule has 0 aromatic carbocycles. The Bertz CT molecular complexity index is 198. The predicted octanol–water partition coefficient (Wildman–Crippen LogP) is 0.0282. The smallest absolute Gasteiger partial charge is 0.328 e. The number of nitrogens with one attached hydrogen (secondary N) is 1. The van der Waals surface area contributed by atoms with Gasteiger partial charge in [-0.05, 0) is 19.9 Å². The second-order valence-electron chi connectivity index (χ2n) is 3.09. The van der Waals surface area contributed by atoms with E-state index in [0.717, 1.165) is 19.3 Å². The van der Waals surface area contributed by atoms with Crippen molar-refractivity contribution in [1.29, 1.82) is 0 Å². The largest absolute Gasteiger partial charge is 0.480 e. The van der Waals surface area contributed by atoms with Crippen molar-refractivity contribution in [2.45, 2.75) is 25.3 Å². The topological polar surface area (TPSA) is 66.4 Å². The van der Waals surface area contributed by atoms with Gasteiger partial charge in [0.2, 0.25) is 0 Å². The van der Waals surface area contributed by atoms with Crippen molar-refractivity contribution < 1.29 is 14.7 Å². The lowest BCUT2D eigenvalue weighted by molar-refractivity contribution is -0.145. The van der Waals surface area contributed by atoms with E-state index >= 15 is 0 Å². The number of likely N-dealkylation sites (N-methyl/N-ethyl adjacent to an activating group) is 1. The van der Waals surface area contributed by atoms with Crippen LogP contribution in [0.2, 0.25) is 0 Å². The van der Waals surface area contributed by atoms with E-state index in [4.69, 9.17) is 5.11 Å². The zero-order valence-corrected chi connectivity index (χ0v) is 7.04. The number of carbonyl (C=O) groups is 2. The van der Waals surface area contributed by atoms with Crippen LogP contribution in [0, 0.1) is 5.92 Å². The van der Waals surface area contributed by atoms with Gasteiger partial charge in [-0.25, -0.2) is 0 Å². The maximum atomic E-state index is 11.4. The van der Waals surface area contributed by atoms with Gasteiger partial charge in [-0.15, -0.1) is 0 Å². The van der Waals surface area contributed by atoms with Crippen LogP contribution in [0.5, 0.6) is 0 Å². The molecular weight excluding hydrogens is 158 g/mol. The molecular formula is C8H13NO3. The molecule has 1 unspecified atom stereocenters. The quantitative estimate of drug-likeness (QED) is 0.585. The molecule has 0 radical (unpaired) electrons. The molecule has 4 heteroatoms. The lowest BCUT2D eigenvalue weighted by Gasteiger charge is -2.26. The van der Waals surface area contributed by atoms with Gasteiger partial charge in [-0.3, -0.25) is 9.59 Å². The Kier molecular flexibility index (Phi) is 2.81. The van der Waals surface area contributed by atoms with Crippen LogP contribution in [-0.2, 0) is 9.59 Å². The Morgan fingerprint density at radius 3 is 2.33 bits per heavy atom. The predicted molar refractivity (Wildman–Crippen MR) is 42.8 cm³/mol. The maximum Gasteiger partial charge on any atom is 0.328 e. The van der Waals surface area contributed by atoms with E-state index < -0.39 is 12.0 Å². The summed E-state index contributed by atoms with van der Waals surface area (Å²) in [4.78, 5) is 21.9. The molecule has 1 aliphatic carbocycles. The van der Waals surface area contributed by atoms with Crippen LogP contribution in [0.15, 0.2) is 0 Å². The molecule has 1 saturated carbocycles. The molecule has 0 aromatic rings. The van der Waals surface area contributed by atoms with Crippen molar-refractivity contribution in [2.24, 2.45) is 5.92 Å². The summed E-state index contributed by atoms with van der Waals surface area (Å²) in [6.45, 7) is 0. The number of Topliss-reactive ketones (excluding diaryl/α,β-unsaturated/α-hetero) is 1. The number of carbonyl (C=O) groups excluding carboxylic acids is 1. The Balaban J connectivity index is 2.52. The second-order valence-corrected chi connectivity index (χ2v) is 3.09. The summed E-state index contributed by atoms with van der Waals surface area (Å²) >= 11 is 0. The van der Waals surface area contributed by atoms with Crippen LogP contribution >= 0.6 is 0 Å². The Labute approximate surface area is 71.0 Å². The average Bonchev–Trinajstić information content (AvgIpc) is 1.83. The van der Waals surface area contributed by atoms with Gasteiger partial charge < -0.3 is 10.4 Å². The van der Waals surface area contributed by atoms with Gasteiger partial charge in [0.25, 0.3) is 0 Å². The molecule has 1 aliphatic rings. The summed E-state index contributed by atoms with van der Waals surface area (Å²) in [5, 5.41) is 11.1. The number of rotatable bonds is 4. The van der Waals surface area contributed by atoms with Crippen molar-refractivity contribution >= 4 is 11.8 Å². The highest BCUT2D eigenvalue weighted by Crippen LogP contribution is 2.28. The molecule has 4 nitrogen and oxygen atoms in total.